The van der Waals surface area contributed by atoms with Crippen molar-refractivity contribution in [2.75, 3.05) is 11.9 Å². The lowest BCUT2D eigenvalue weighted by molar-refractivity contribution is -0.144. The number of carbonyl (C=O) groups is 1. The van der Waals surface area contributed by atoms with Gasteiger partial charge in [-0.2, -0.15) is 0 Å². The summed E-state index contributed by atoms with van der Waals surface area (Å²) >= 11 is 3.34. The Bertz CT molecular complexity index is 736. The number of carbonyl (C=O) groups excluding carboxylic acids is 1. The highest BCUT2D eigenvalue weighted by Crippen LogP contribution is 2.48. The second kappa shape index (κ2) is 7.30. The van der Waals surface area contributed by atoms with Crippen molar-refractivity contribution in [3.63, 3.8) is 0 Å². The van der Waals surface area contributed by atoms with Crippen molar-refractivity contribution in [1.82, 2.24) is 4.98 Å². The van der Waals surface area contributed by atoms with Gasteiger partial charge in [0.1, 0.15) is 11.6 Å². The van der Waals surface area contributed by atoms with E-state index in [9.17, 15) is 9.18 Å². The van der Waals surface area contributed by atoms with E-state index in [-0.39, 0.29) is 23.6 Å². The Morgan fingerprint density at radius 2 is 2.25 bits per heavy atom. The monoisotopic (exact) mass is 392 g/mol. The number of anilines is 1. The second-order valence-corrected chi connectivity index (χ2v) is 6.68. The molecule has 0 amide bonds. The number of pyridine rings is 1. The minimum absolute atomic E-state index is 0.0404. The fourth-order valence-electron chi connectivity index (χ4n) is 2.67. The third-order valence-corrected chi connectivity index (χ3v) is 4.56. The van der Waals surface area contributed by atoms with Crippen molar-refractivity contribution in [3.05, 3.63) is 57.9 Å². The fourth-order valence-corrected chi connectivity index (χ4v) is 3.08. The summed E-state index contributed by atoms with van der Waals surface area (Å²) < 4.78 is 19.6. The first-order chi connectivity index (χ1) is 11.6. The molecule has 0 bridgehead atoms. The van der Waals surface area contributed by atoms with E-state index in [1.54, 1.807) is 18.3 Å². The molecule has 3 rings (SSSR count). The van der Waals surface area contributed by atoms with Crippen molar-refractivity contribution in [2.24, 2.45) is 5.92 Å². The van der Waals surface area contributed by atoms with E-state index >= 15 is 0 Å². The van der Waals surface area contributed by atoms with E-state index in [2.05, 4.69) is 26.2 Å². The zero-order chi connectivity index (χ0) is 17.1. The summed E-state index contributed by atoms with van der Waals surface area (Å²) in [5.74, 6) is 0.452. The summed E-state index contributed by atoms with van der Waals surface area (Å²) in [7, 11) is 0. The van der Waals surface area contributed by atoms with Gasteiger partial charge in [0.2, 0.25) is 0 Å². The standard InChI is InChI=1S/C18H18BrFN2O2/c1-2-24-18(23)15-8-14(15)11-3-6-17(21-9-11)22-10-12-7-13(19)4-5-16(12)20/h3-7,9,14-15H,2,8,10H2,1H3,(H,21,22)/t14-,15+/m0/s1. The third kappa shape index (κ3) is 3.93. The van der Waals surface area contributed by atoms with Crippen LogP contribution in [0.3, 0.4) is 0 Å². The lowest BCUT2D eigenvalue weighted by Crippen LogP contribution is -2.07. The minimum atomic E-state index is -0.252. The molecular weight excluding hydrogens is 375 g/mol. The van der Waals surface area contributed by atoms with Gasteiger partial charge in [0, 0.05) is 22.8 Å². The third-order valence-electron chi connectivity index (χ3n) is 4.06. The Labute approximate surface area is 148 Å². The van der Waals surface area contributed by atoms with Gasteiger partial charge in [-0.15, -0.1) is 0 Å². The number of benzene rings is 1. The molecule has 1 saturated carbocycles. The highest BCUT2D eigenvalue weighted by atomic mass is 79.9. The van der Waals surface area contributed by atoms with E-state index < -0.39 is 0 Å². The maximum absolute atomic E-state index is 13.7. The summed E-state index contributed by atoms with van der Waals surface area (Å²) in [6, 6.07) is 8.65. The zero-order valence-corrected chi connectivity index (χ0v) is 14.8. The lowest BCUT2D eigenvalue weighted by atomic mass is 10.1. The molecule has 1 N–H and O–H groups in total. The molecule has 0 spiro atoms. The highest BCUT2D eigenvalue weighted by molar-refractivity contribution is 9.10. The topological polar surface area (TPSA) is 51.2 Å². The summed E-state index contributed by atoms with van der Waals surface area (Å²) in [6.07, 6.45) is 2.58. The van der Waals surface area contributed by atoms with Crippen LogP contribution in [0.15, 0.2) is 41.0 Å². The van der Waals surface area contributed by atoms with E-state index in [0.717, 1.165) is 16.5 Å². The molecular formula is C18H18BrFN2O2. The molecule has 0 aliphatic heterocycles. The highest BCUT2D eigenvalue weighted by Gasteiger charge is 2.45. The van der Waals surface area contributed by atoms with Gasteiger partial charge in [0.15, 0.2) is 0 Å². The Balaban J connectivity index is 1.58. The Morgan fingerprint density at radius 1 is 1.42 bits per heavy atom. The van der Waals surface area contributed by atoms with E-state index in [1.807, 2.05) is 19.1 Å². The van der Waals surface area contributed by atoms with E-state index in [4.69, 9.17) is 4.74 Å². The van der Waals surface area contributed by atoms with Gasteiger partial charge in [-0.25, -0.2) is 9.37 Å². The number of nitrogens with one attached hydrogen (secondary N) is 1. The van der Waals surface area contributed by atoms with Crippen LogP contribution in [0, 0.1) is 11.7 Å². The number of aromatic nitrogens is 1. The molecule has 0 saturated heterocycles. The van der Waals surface area contributed by atoms with Crippen molar-refractivity contribution < 1.29 is 13.9 Å². The predicted molar refractivity (Wildman–Crippen MR) is 93.1 cm³/mol. The number of rotatable bonds is 6. The molecule has 24 heavy (non-hydrogen) atoms. The predicted octanol–water partition coefficient (Wildman–Crippen LogP) is 4.26. The van der Waals surface area contributed by atoms with Gasteiger partial charge in [-0.1, -0.05) is 22.0 Å². The molecule has 6 heteroatoms. The van der Waals surface area contributed by atoms with Crippen molar-refractivity contribution in [1.29, 1.82) is 0 Å². The van der Waals surface area contributed by atoms with Crippen molar-refractivity contribution >= 4 is 27.7 Å². The van der Waals surface area contributed by atoms with Crippen molar-refractivity contribution in [3.8, 4) is 0 Å². The smallest absolute Gasteiger partial charge is 0.309 e. The Kier molecular flexibility index (Phi) is 5.14. The second-order valence-electron chi connectivity index (χ2n) is 5.77. The first kappa shape index (κ1) is 16.9. The Morgan fingerprint density at radius 3 is 2.96 bits per heavy atom. The molecule has 1 aromatic carbocycles. The molecule has 1 aliphatic carbocycles. The SMILES string of the molecule is CCOC(=O)[C@@H]1C[C@H]1c1ccc(NCc2cc(Br)ccc2F)nc1. The van der Waals surface area contributed by atoms with Crippen LogP contribution in [0.2, 0.25) is 0 Å². The largest absolute Gasteiger partial charge is 0.466 e. The van der Waals surface area contributed by atoms with Crippen LogP contribution < -0.4 is 5.32 Å². The van der Waals surface area contributed by atoms with E-state index in [1.165, 1.54) is 6.07 Å². The molecule has 1 aliphatic rings. The number of hydrogen-bond donors (Lipinski definition) is 1. The lowest BCUT2D eigenvalue weighted by Gasteiger charge is -2.08. The quantitative estimate of drug-likeness (QED) is 0.746. The Hall–Kier alpha value is -1.95. The number of hydrogen-bond acceptors (Lipinski definition) is 4. The van der Waals surface area contributed by atoms with Gasteiger partial charge >= 0.3 is 5.97 Å². The summed E-state index contributed by atoms with van der Waals surface area (Å²) in [6.45, 7) is 2.58. The first-order valence-corrected chi connectivity index (χ1v) is 8.68. The minimum Gasteiger partial charge on any atom is -0.466 e. The van der Waals surface area contributed by atoms with Crippen LogP contribution in [0.1, 0.15) is 30.4 Å². The maximum Gasteiger partial charge on any atom is 0.309 e. The van der Waals surface area contributed by atoms with E-state index in [0.29, 0.717) is 24.5 Å². The van der Waals surface area contributed by atoms with Gasteiger partial charge in [0.05, 0.1) is 12.5 Å². The van der Waals surface area contributed by atoms with Crippen LogP contribution in [0.5, 0.6) is 0 Å². The molecule has 2 atom stereocenters. The molecule has 1 aromatic heterocycles. The summed E-state index contributed by atoms with van der Waals surface area (Å²) in [5, 5.41) is 3.11. The number of esters is 1. The van der Waals surface area contributed by atoms with Crippen LogP contribution in [0.4, 0.5) is 10.2 Å². The average Bonchev–Trinajstić information content (AvgIpc) is 3.37. The zero-order valence-electron chi connectivity index (χ0n) is 13.3. The van der Waals surface area contributed by atoms with Crippen LogP contribution >= 0.6 is 15.9 Å². The number of halogens is 2. The van der Waals surface area contributed by atoms with Gasteiger partial charge < -0.3 is 10.1 Å². The van der Waals surface area contributed by atoms with Gasteiger partial charge in [-0.05, 0) is 49.1 Å². The van der Waals surface area contributed by atoms with Crippen molar-refractivity contribution in [2.45, 2.75) is 25.8 Å². The summed E-state index contributed by atoms with van der Waals surface area (Å²) in [5.41, 5.74) is 1.60. The first-order valence-electron chi connectivity index (χ1n) is 7.89. The average molecular weight is 393 g/mol. The normalized spacial score (nSPS) is 19.0. The molecule has 1 heterocycles. The molecule has 0 unspecified atom stereocenters. The molecule has 0 radical (unpaired) electrons. The number of ether oxygens (including phenoxy) is 1. The fraction of sp³-hybridized carbons (Fsp3) is 0.333. The molecule has 126 valence electrons. The van der Waals surface area contributed by atoms with Gasteiger partial charge in [0.25, 0.3) is 0 Å². The molecule has 4 nitrogen and oxygen atoms in total. The summed E-state index contributed by atoms with van der Waals surface area (Å²) in [4.78, 5) is 16.0. The number of nitrogens with zero attached hydrogens (tertiary/aromatic N) is 1. The van der Waals surface area contributed by atoms with Crippen LogP contribution in [-0.4, -0.2) is 17.6 Å². The molecule has 1 fully saturated rings. The maximum atomic E-state index is 13.7. The van der Waals surface area contributed by atoms with Gasteiger partial charge in [-0.3, -0.25) is 4.79 Å². The van der Waals surface area contributed by atoms with Crippen LogP contribution in [0.25, 0.3) is 0 Å². The molecule has 2 aromatic rings. The van der Waals surface area contributed by atoms with Crippen LogP contribution in [-0.2, 0) is 16.1 Å².